The summed E-state index contributed by atoms with van der Waals surface area (Å²) in [6.07, 6.45) is 3.28. The van der Waals surface area contributed by atoms with Gasteiger partial charge in [0.15, 0.2) is 0 Å². The molecule has 1 heterocycles. The highest BCUT2D eigenvalue weighted by atomic mass is 19.1. The summed E-state index contributed by atoms with van der Waals surface area (Å²) < 4.78 is 32.2. The Labute approximate surface area is 145 Å². The Bertz CT molecular complexity index is 654. The van der Waals surface area contributed by atoms with E-state index in [2.05, 4.69) is 5.32 Å². The van der Waals surface area contributed by atoms with Gasteiger partial charge >= 0.3 is 5.97 Å². The number of carbonyl (C=O) groups excluding carboxylic acids is 2. The second-order valence-corrected chi connectivity index (χ2v) is 6.63. The number of nitrogens with zero attached hydrogens (tertiary/aromatic N) is 1. The number of rotatable bonds is 4. The minimum atomic E-state index is -0.709. The Morgan fingerprint density at radius 2 is 1.92 bits per heavy atom. The van der Waals surface area contributed by atoms with E-state index in [1.807, 2.05) is 0 Å². The molecule has 7 heteroatoms. The number of hydrogen-bond donors (Lipinski definition) is 1. The zero-order valence-electron chi connectivity index (χ0n) is 14.2. The van der Waals surface area contributed by atoms with Crippen molar-refractivity contribution < 1.29 is 23.1 Å². The molecule has 3 rings (SSSR count). The molecule has 0 bridgehead atoms. The molecule has 1 spiro atoms. The fraction of sp³-hybridized carbons (Fsp3) is 0.556. The van der Waals surface area contributed by atoms with E-state index in [0.29, 0.717) is 24.9 Å². The van der Waals surface area contributed by atoms with Gasteiger partial charge < -0.3 is 15.0 Å². The van der Waals surface area contributed by atoms with Crippen LogP contribution in [0.15, 0.2) is 18.2 Å². The number of piperazine rings is 1. The lowest BCUT2D eigenvalue weighted by molar-refractivity contribution is -0.156. The molecular weight excluding hydrogens is 330 g/mol. The van der Waals surface area contributed by atoms with Crippen LogP contribution in [0.2, 0.25) is 0 Å². The summed E-state index contributed by atoms with van der Waals surface area (Å²) in [6.45, 7) is 2.02. The van der Waals surface area contributed by atoms with Crippen LogP contribution in [0.1, 0.15) is 44.2 Å². The summed E-state index contributed by atoms with van der Waals surface area (Å²) in [7, 11) is 0. The van der Waals surface area contributed by atoms with Crippen molar-refractivity contribution in [2.24, 2.45) is 0 Å². The van der Waals surface area contributed by atoms with Crippen LogP contribution in [0.3, 0.4) is 0 Å². The molecule has 25 heavy (non-hydrogen) atoms. The summed E-state index contributed by atoms with van der Waals surface area (Å²) in [5.41, 5.74) is -0.343. The van der Waals surface area contributed by atoms with Gasteiger partial charge in [0.25, 0.3) is 0 Å². The molecule has 2 fully saturated rings. The van der Waals surface area contributed by atoms with Crippen LogP contribution < -0.4 is 5.32 Å². The van der Waals surface area contributed by atoms with Crippen LogP contribution in [0.25, 0.3) is 0 Å². The second kappa shape index (κ2) is 7.07. The lowest BCUT2D eigenvalue weighted by Gasteiger charge is -2.45. The molecule has 0 radical (unpaired) electrons. The third-order valence-corrected chi connectivity index (χ3v) is 5.01. The lowest BCUT2D eigenvalue weighted by Crippen LogP contribution is -2.64. The van der Waals surface area contributed by atoms with Crippen LogP contribution >= 0.6 is 0 Å². The molecule has 1 amide bonds. The first kappa shape index (κ1) is 17.8. The van der Waals surface area contributed by atoms with E-state index in [4.69, 9.17) is 4.74 Å². The predicted octanol–water partition coefficient (Wildman–Crippen LogP) is 2.31. The summed E-state index contributed by atoms with van der Waals surface area (Å²) in [6, 6.07) is 2.57. The highest BCUT2D eigenvalue weighted by Crippen LogP contribution is 2.38. The standard InChI is InChI=1S/C18H22F2N2O3/c1-2-25-16(23)11-22-15(12-7-13(19)9-14(20)8-12)10-21-18(17(22)24)5-3-4-6-18/h7-9,15,21H,2-6,10-11H2,1H3/t15-/m0/s1. The molecule has 1 aromatic carbocycles. The van der Waals surface area contributed by atoms with Crippen molar-refractivity contribution in [1.82, 2.24) is 10.2 Å². The molecule has 136 valence electrons. The summed E-state index contributed by atoms with van der Waals surface area (Å²) >= 11 is 0. The first-order valence-corrected chi connectivity index (χ1v) is 8.63. The molecule has 1 aliphatic carbocycles. The molecule has 1 aromatic rings. The Morgan fingerprint density at radius 3 is 2.52 bits per heavy atom. The fourth-order valence-electron chi connectivity index (χ4n) is 3.86. The van der Waals surface area contributed by atoms with Gasteiger partial charge in [0.05, 0.1) is 18.2 Å². The zero-order valence-corrected chi connectivity index (χ0v) is 14.2. The van der Waals surface area contributed by atoms with Crippen molar-refractivity contribution in [2.45, 2.75) is 44.2 Å². The summed E-state index contributed by atoms with van der Waals surface area (Å²) in [5, 5.41) is 3.28. The zero-order chi connectivity index (χ0) is 18.0. The number of benzene rings is 1. The van der Waals surface area contributed by atoms with Crippen LogP contribution in [0, 0.1) is 11.6 Å². The minimum absolute atomic E-state index is 0.195. The third kappa shape index (κ3) is 3.51. The van der Waals surface area contributed by atoms with E-state index in [-0.39, 0.29) is 19.1 Å². The van der Waals surface area contributed by atoms with Gasteiger partial charge in [0, 0.05) is 12.6 Å². The van der Waals surface area contributed by atoms with Gasteiger partial charge in [-0.05, 0) is 37.5 Å². The van der Waals surface area contributed by atoms with Crippen molar-refractivity contribution in [3.05, 3.63) is 35.4 Å². The van der Waals surface area contributed by atoms with Gasteiger partial charge in [-0.15, -0.1) is 0 Å². The smallest absolute Gasteiger partial charge is 0.325 e. The molecule has 1 atom stereocenters. The predicted molar refractivity (Wildman–Crippen MR) is 86.6 cm³/mol. The van der Waals surface area contributed by atoms with E-state index in [0.717, 1.165) is 18.9 Å². The van der Waals surface area contributed by atoms with E-state index < -0.39 is 29.2 Å². The largest absolute Gasteiger partial charge is 0.465 e. The molecule has 1 N–H and O–H groups in total. The SMILES string of the molecule is CCOC(=O)CN1C(=O)C2(CCCC2)NC[C@H]1c1cc(F)cc(F)c1. The van der Waals surface area contributed by atoms with Gasteiger partial charge in [0.2, 0.25) is 5.91 Å². The number of amides is 1. The Balaban J connectivity index is 1.92. The number of hydrogen-bond acceptors (Lipinski definition) is 4. The van der Waals surface area contributed by atoms with E-state index in [9.17, 15) is 18.4 Å². The van der Waals surface area contributed by atoms with E-state index in [1.54, 1.807) is 6.92 Å². The van der Waals surface area contributed by atoms with Gasteiger partial charge in [-0.25, -0.2) is 8.78 Å². The molecular formula is C18H22F2N2O3. The Morgan fingerprint density at radius 1 is 1.28 bits per heavy atom. The van der Waals surface area contributed by atoms with Crippen LogP contribution in [0.4, 0.5) is 8.78 Å². The lowest BCUT2D eigenvalue weighted by atomic mass is 9.89. The summed E-state index contributed by atoms with van der Waals surface area (Å²) in [5.74, 6) is -2.13. The fourth-order valence-corrected chi connectivity index (χ4v) is 3.86. The highest BCUT2D eigenvalue weighted by Gasteiger charge is 2.49. The first-order valence-electron chi connectivity index (χ1n) is 8.63. The van der Waals surface area contributed by atoms with Crippen LogP contribution in [-0.2, 0) is 14.3 Å². The van der Waals surface area contributed by atoms with Crippen LogP contribution in [0.5, 0.6) is 0 Å². The van der Waals surface area contributed by atoms with Crippen molar-refractivity contribution in [1.29, 1.82) is 0 Å². The Kier molecular flexibility index (Phi) is 5.03. The Hall–Kier alpha value is -2.02. The second-order valence-electron chi connectivity index (χ2n) is 6.63. The number of esters is 1. The molecule has 0 aromatic heterocycles. The van der Waals surface area contributed by atoms with Gasteiger partial charge in [-0.1, -0.05) is 12.8 Å². The highest BCUT2D eigenvalue weighted by molar-refractivity contribution is 5.90. The van der Waals surface area contributed by atoms with Crippen molar-refractivity contribution in [3.63, 3.8) is 0 Å². The molecule has 1 saturated heterocycles. The molecule has 2 aliphatic rings. The normalized spacial score (nSPS) is 22.4. The average Bonchev–Trinajstić information content (AvgIpc) is 3.01. The molecule has 5 nitrogen and oxygen atoms in total. The molecule has 1 saturated carbocycles. The van der Waals surface area contributed by atoms with Crippen molar-refractivity contribution in [3.8, 4) is 0 Å². The maximum absolute atomic E-state index is 13.6. The van der Waals surface area contributed by atoms with Gasteiger partial charge in [-0.2, -0.15) is 0 Å². The molecule has 0 unspecified atom stereocenters. The number of halogens is 2. The number of nitrogens with one attached hydrogen (secondary N) is 1. The molecule has 1 aliphatic heterocycles. The van der Waals surface area contributed by atoms with Crippen molar-refractivity contribution >= 4 is 11.9 Å². The first-order chi connectivity index (χ1) is 11.9. The maximum atomic E-state index is 13.6. The third-order valence-electron chi connectivity index (χ3n) is 5.01. The minimum Gasteiger partial charge on any atom is -0.465 e. The monoisotopic (exact) mass is 352 g/mol. The van der Waals surface area contributed by atoms with E-state index in [1.165, 1.54) is 17.0 Å². The van der Waals surface area contributed by atoms with E-state index >= 15 is 0 Å². The average molecular weight is 352 g/mol. The van der Waals surface area contributed by atoms with Crippen LogP contribution in [-0.4, -0.2) is 42.0 Å². The number of ether oxygens (including phenoxy) is 1. The van der Waals surface area contributed by atoms with Gasteiger partial charge in [0.1, 0.15) is 18.2 Å². The summed E-state index contributed by atoms with van der Waals surface area (Å²) in [4.78, 5) is 26.5. The maximum Gasteiger partial charge on any atom is 0.325 e. The van der Waals surface area contributed by atoms with Gasteiger partial charge in [-0.3, -0.25) is 9.59 Å². The van der Waals surface area contributed by atoms with Crippen molar-refractivity contribution in [2.75, 3.05) is 19.7 Å². The quantitative estimate of drug-likeness (QED) is 0.845. The topological polar surface area (TPSA) is 58.6 Å². The number of carbonyl (C=O) groups is 2.